The van der Waals surface area contributed by atoms with E-state index in [0.29, 0.717) is 22.2 Å². The van der Waals surface area contributed by atoms with Crippen LogP contribution in [0.25, 0.3) is 16.8 Å². The molecule has 0 aliphatic carbocycles. The normalized spacial score (nSPS) is 15.9. The molecule has 2 aromatic rings. The summed E-state index contributed by atoms with van der Waals surface area (Å²) in [4.78, 5) is 25.5. The number of aliphatic carboxylic acids is 1. The molecule has 2 aromatic carbocycles. The zero-order valence-electron chi connectivity index (χ0n) is 15.1. The van der Waals surface area contributed by atoms with Crippen LogP contribution < -0.4 is 0 Å². The van der Waals surface area contributed by atoms with Crippen LogP contribution in [0.4, 0.5) is 0 Å². The van der Waals surface area contributed by atoms with Crippen LogP contribution in [-0.2, 0) is 16.0 Å². The van der Waals surface area contributed by atoms with Gasteiger partial charge in [0.1, 0.15) is 4.32 Å². The maximum atomic E-state index is 12.7. The molecule has 3 rings (SSSR count). The average Bonchev–Trinajstić information content (AvgIpc) is 2.91. The lowest BCUT2D eigenvalue weighted by molar-refractivity contribution is -0.137. The first kappa shape index (κ1) is 19.6. The second-order valence-corrected chi connectivity index (χ2v) is 8.11. The standard InChI is InChI=1S/C21H21NO3S2/c1-2-6-16-15(11-10-14-7-3-4-8-17(14)16)13-18-20(25)22(21(26)27-18)12-5-9-19(23)24/h3-4,7-8,10-11,13H,2,5-6,9,12H2,1H3,(H,23,24)/b18-13-. The van der Waals surface area contributed by atoms with Crippen molar-refractivity contribution in [1.29, 1.82) is 0 Å². The molecule has 1 aliphatic rings. The van der Waals surface area contributed by atoms with Crippen molar-refractivity contribution in [2.24, 2.45) is 0 Å². The van der Waals surface area contributed by atoms with E-state index in [9.17, 15) is 9.59 Å². The molecule has 0 aromatic heterocycles. The van der Waals surface area contributed by atoms with Crippen LogP contribution in [0, 0.1) is 0 Å². The summed E-state index contributed by atoms with van der Waals surface area (Å²) < 4.78 is 0.495. The molecule has 6 heteroatoms. The predicted octanol–water partition coefficient (Wildman–Crippen LogP) is 4.86. The maximum absolute atomic E-state index is 12.7. The first-order valence-corrected chi connectivity index (χ1v) is 10.2. The lowest BCUT2D eigenvalue weighted by atomic mass is 9.95. The van der Waals surface area contributed by atoms with Crippen LogP contribution in [0.1, 0.15) is 37.3 Å². The fourth-order valence-corrected chi connectivity index (χ4v) is 4.54. The van der Waals surface area contributed by atoms with Crippen molar-refractivity contribution in [3.05, 3.63) is 52.4 Å². The second-order valence-electron chi connectivity index (χ2n) is 6.44. The first-order chi connectivity index (χ1) is 13.0. The number of thiocarbonyl (C=S) groups is 1. The van der Waals surface area contributed by atoms with Gasteiger partial charge in [-0.2, -0.15) is 0 Å². The minimum atomic E-state index is -0.864. The second kappa shape index (κ2) is 8.67. The molecular formula is C21H21NO3S2. The number of hydrogen-bond donors (Lipinski definition) is 1. The van der Waals surface area contributed by atoms with Crippen LogP contribution in [0.2, 0.25) is 0 Å². The highest BCUT2D eigenvalue weighted by atomic mass is 32.2. The summed E-state index contributed by atoms with van der Waals surface area (Å²) in [6.45, 7) is 2.49. The monoisotopic (exact) mass is 399 g/mol. The van der Waals surface area contributed by atoms with Crippen LogP contribution in [0.3, 0.4) is 0 Å². The van der Waals surface area contributed by atoms with Gasteiger partial charge in [0.15, 0.2) is 0 Å². The van der Waals surface area contributed by atoms with Gasteiger partial charge in [0, 0.05) is 13.0 Å². The molecular weight excluding hydrogens is 378 g/mol. The molecule has 1 N–H and O–H groups in total. The van der Waals surface area contributed by atoms with Gasteiger partial charge in [0.25, 0.3) is 5.91 Å². The Balaban J connectivity index is 1.90. The Morgan fingerprint density at radius 1 is 1.26 bits per heavy atom. The van der Waals surface area contributed by atoms with Crippen molar-refractivity contribution in [1.82, 2.24) is 4.90 Å². The molecule has 1 amide bonds. The van der Waals surface area contributed by atoms with E-state index in [1.165, 1.54) is 33.0 Å². The number of carbonyl (C=O) groups excluding carboxylic acids is 1. The zero-order chi connectivity index (χ0) is 19.4. The molecule has 1 saturated heterocycles. The highest BCUT2D eigenvalue weighted by Crippen LogP contribution is 2.34. The minimum absolute atomic E-state index is 0.0292. The van der Waals surface area contributed by atoms with E-state index in [0.717, 1.165) is 18.4 Å². The molecule has 27 heavy (non-hydrogen) atoms. The number of hydrogen-bond acceptors (Lipinski definition) is 4. The van der Waals surface area contributed by atoms with E-state index in [-0.39, 0.29) is 12.3 Å². The third-order valence-corrected chi connectivity index (χ3v) is 5.89. The van der Waals surface area contributed by atoms with Crippen LogP contribution in [0.15, 0.2) is 41.3 Å². The summed E-state index contributed by atoms with van der Waals surface area (Å²) in [6, 6.07) is 12.4. The summed E-state index contributed by atoms with van der Waals surface area (Å²) in [5, 5.41) is 11.2. The summed E-state index contributed by atoms with van der Waals surface area (Å²) >= 11 is 6.62. The predicted molar refractivity (Wildman–Crippen MR) is 115 cm³/mol. The van der Waals surface area contributed by atoms with Crippen LogP contribution in [-0.4, -0.2) is 32.7 Å². The zero-order valence-corrected chi connectivity index (χ0v) is 16.7. The summed E-state index contributed by atoms with van der Waals surface area (Å²) in [5.74, 6) is -0.998. The Morgan fingerprint density at radius 2 is 2.04 bits per heavy atom. The molecule has 0 atom stereocenters. The van der Waals surface area contributed by atoms with Gasteiger partial charge >= 0.3 is 5.97 Å². The number of aryl methyl sites for hydroxylation is 1. The number of rotatable bonds is 7. The molecule has 1 heterocycles. The summed E-state index contributed by atoms with van der Waals surface area (Å²) in [5.41, 5.74) is 2.29. The van der Waals surface area contributed by atoms with Gasteiger partial charge < -0.3 is 5.11 Å². The molecule has 0 saturated carbocycles. The van der Waals surface area contributed by atoms with Crippen molar-refractivity contribution < 1.29 is 14.7 Å². The van der Waals surface area contributed by atoms with Gasteiger partial charge in [-0.25, -0.2) is 0 Å². The lowest BCUT2D eigenvalue weighted by Crippen LogP contribution is -2.29. The van der Waals surface area contributed by atoms with Gasteiger partial charge in [-0.05, 0) is 40.8 Å². The number of amides is 1. The Labute approximate surface area is 168 Å². The van der Waals surface area contributed by atoms with Crippen LogP contribution in [0.5, 0.6) is 0 Å². The molecule has 140 valence electrons. The topological polar surface area (TPSA) is 57.6 Å². The van der Waals surface area contributed by atoms with E-state index in [2.05, 4.69) is 31.2 Å². The summed E-state index contributed by atoms with van der Waals surface area (Å²) in [7, 11) is 0. The minimum Gasteiger partial charge on any atom is -0.481 e. The van der Waals surface area contributed by atoms with Crippen molar-refractivity contribution in [2.45, 2.75) is 32.6 Å². The van der Waals surface area contributed by atoms with Crippen molar-refractivity contribution in [3.63, 3.8) is 0 Å². The van der Waals surface area contributed by atoms with Gasteiger partial charge in [0.2, 0.25) is 0 Å². The van der Waals surface area contributed by atoms with Crippen molar-refractivity contribution >= 4 is 57.0 Å². The smallest absolute Gasteiger partial charge is 0.303 e. The third kappa shape index (κ3) is 4.39. The number of carbonyl (C=O) groups is 2. The van der Waals surface area contributed by atoms with E-state index in [1.807, 2.05) is 18.2 Å². The number of benzene rings is 2. The molecule has 0 unspecified atom stereocenters. The van der Waals surface area contributed by atoms with E-state index < -0.39 is 5.97 Å². The number of fused-ring (bicyclic) bond motifs is 1. The summed E-state index contributed by atoms with van der Waals surface area (Å²) in [6.07, 6.45) is 4.30. The lowest BCUT2D eigenvalue weighted by Gasteiger charge is -2.13. The average molecular weight is 400 g/mol. The third-order valence-electron chi connectivity index (χ3n) is 4.51. The number of carboxylic acids is 1. The maximum Gasteiger partial charge on any atom is 0.303 e. The first-order valence-electron chi connectivity index (χ1n) is 8.99. The number of nitrogens with zero attached hydrogens (tertiary/aromatic N) is 1. The fourth-order valence-electron chi connectivity index (χ4n) is 3.24. The molecule has 0 spiro atoms. The van der Waals surface area contributed by atoms with Crippen molar-refractivity contribution in [3.8, 4) is 0 Å². The van der Waals surface area contributed by atoms with E-state index in [4.69, 9.17) is 17.3 Å². The SMILES string of the molecule is CCCc1c(/C=C2\SC(=S)N(CCCC(=O)O)C2=O)ccc2ccccc12. The van der Waals surface area contributed by atoms with Crippen LogP contribution >= 0.6 is 24.0 Å². The quantitative estimate of drug-likeness (QED) is 0.532. The Bertz CT molecular complexity index is 936. The highest BCUT2D eigenvalue weighted by Gasteiger charge is 2.31. The van der Waals surface area contributed by atoms with Gasteiger partial charge in [-0.3, -0.25) is 14.5 Å². The molecule has 1 aliphatic heterocycles. The Kier molecular flexibility index (Phi) is 6.29. The molecule has 1 fully saturated rings. The Morgan fingerprint density at radius 3 is 2.78 bits per heavy atom. The molecule has 4 nitrogen and oxygen atoms in total. The largest absolute Gasteiger partial charge is 0.481 e. The van der Waals surface area contributed by atoms with Gasteiger partial charge in [0.05, 0.1) is 4.91 Å². The van der Waals surface area contributed by atoms with Gasteiger partial charge in [-0.1, -0.05) is 73.7 Å². The number of thioether (sulfide) groups is 1. The molecule has 0 bridgehead atoms. The van der Waals surface area contributed by atoms with Crippen molar-refractivity contribution in [2.75, 3.05) is 6.54 Å². The highest BCUT2D eigenvalue weighted by molar-refractivity contribution is 8.26. The van der Waals surface area contributed by atoms with Gasteiger partial charge in [-0.15, -0.1) is 0 Å². The van der Waals surface area contributed by atoms with E-state index >= 15 is 0 Å². The molecule has 0 radical (unpaired) electrons. The fraction of sp³-hybridized carbons (Fsp3) is 0.286. The Hall–Kier alpha value is -2.18. The number of carboxylic acid groups (broad SMARTS) is 1. The van der Waals surface area contributed by atoms with E-state index in [1.54, 1.807) is 0 Å².